The van der Waals surface area contributed by atoms with Crippen molar-refractivity contribution in [2.75, 3.05) is 6.61 Å². The molecule has 130 valence electrons. The second-order valence-corrected chi connectivity index (χ2v) is 7.34. The van der Waals surface area contributed by atoms with E-state index in [1.165, 1.54) is 32.3 Å². The van der Waals surface area contributed by atoms with Gasteiger partial charge in [-0.1, -0.05) is 30.3 Å². The van der Waals surface area contributed by atoms with Crippen molar-refractivity contribution >= 4 is 27.2 Å². The zero-order chi connectivity index (χ0) is 18.0. The number of benzene rings is 2. The number of fused-ring (bicyclic) bond motifs is 1. The molecule has 0 aliphatic heterocycles. The van der Waals surface area contributed by atoms with Gasteiger partial charge in [0.15, 0.2) is 0 Å². The monoisotopic (exact) mass is 352 g/mol. The molecule has 0 saturated carbocycles. The molecule has 0 saturated heterocycles. The van der Waals surface area contributed by atoms with Gasteiger partial charge in [-0.15, -0.1) is 11.3 Å². The first-order valence-electron chi connectivity index (χ1n) is 8.53. The number of hydrogen-bond donors (Lipinski definition) is 0. The second-order valence-electron chi connectivity index (χ2n) is 6.29. The lowest BCUT2D eigenvalue weighted by Gasteiger charge is -2.09. The molecule has 0 radical (unpaired) electrons. The quantitative estimate of drug-likeness (QED) is 0.477. The average Bonchev–Trinajstić information content (AvgIpc) is 2.91. The minimum absolute atomic E-state index is 0.584. The minimum Gasteiger partial charge on any atom is -0.493 e. The topological polar surface area (TPSA) is 18.5 Å². The summed E-state index contributed by atoms with van der Waals surface area (Å²) in [4.78, 5) is 1.11. The van der Waals surface area contributed by atoms with Gasteiger partial charge in [-0.2, -0.15) is 0 Å². The highest BCUT2D eigenvalue weighted by molar-refractivity contribution is 7.20. The average molecular weight is 352 g/mol. The molecule has 0 aliphatic carbocycles. The Labute approximate surface area is 153 Å². The SMILES string of the molecule is C=C(OCC)c1sc2cc(OCc3ccc(C)cc3C)ccc2c1C. The first-order chi connectivity index (χ1) is 12.0. The van der Waals surface area contributed by atoms with Crippen LogP contribution in [-0.4, -0.2) is 6.61 Å². The maximum atomic E-state index is 6.03. The third kappa shape index (κ3) is 3.72. The van der Waals surface area contributed by atoms with E-state index in [4.69, 9.17) is 9.47 Å². The lowest BCUT2D eigenvalue weighted by atomic mass is 10.1. The number of aryl methyl sites for hydroxylation is 3. The van der Waals surface area contributed by atoms with Crippen LogP contribution in [0.3, 0.4) is 0 Å². The lowest BCUT2D eigenvalue weighted by molar-refractivity contribution is 0.300. The summed E-state index contributed by atoms with van der Waals surface area (Å²) in [6, 6.07) is 12.7. The molecular weight excluding hydrogens is 328 g/mol. The predicted octanol–water partition coefficient (Wildman–Crippen LogP) is 6.41. The van der Waals surface area contributed by atoms with Crippen molar-refractivity contribution in [3.05, 3.63) is 70.1 Å². The molecule has 0 fully saturated rings. The smallest absolute Gasteiger partial charge is 0.129 e. The Balaban J connectivity index is 1.82. The maximum Gasteiger partial charge on any atom is 0.129 e. The molecule has 1 aromatic heterocycles. The Morgan fingerprint density at radius 1 is 1.08 bits per heavy atom. The van der Waals surface area contributed by atoms with E-state index in [1.54, 1.807) is 11.3 Å². The Morgan fingerprint density at radius 2 is 1.88 bits per heavy atom. The summed E-state index contributed by atoms with van der Waals surface area (Å²) in [7, 11) is 0. The maximum absolute atomic E-state index is 6.03. The normalized spacial score (nSPS) is 10.9. The van der Waals surface area contributed by atoms with Crippen molar-refractivity contribution in [2.24, 2.45) is 0 Å². The first-order valence-corrected chi connectivity index (χ1v) is 9.35. The highest BCUT2D eigenvalue weighted by atomic mass is 32.1. The van der Waals surface area contributed by atoms with E-state index in [-0.39, 0.29) is 0 Å². The van der Waals surface area contributed by atoms with Gasteiger partial charge in [0.05, 0.1) is 11.5 Å². The van der Waals surface area contributed by atoms with E-state index in [2.05, 4.69) is 57.7 Å². The minimum atomic E-state index is 0.584. The van der Waals surface area contributed by atoms with Crippen molar-refractivity contribution in [1.82, 2.24) is 0 Å². The third-order valence-electron chi connectivity index (χ3n) is 4.37. The zero-order valence-corrected chi connectivity index (χ0v) is 16.1. The van der Waals surface area contributed by atoms with Crippen molar-refractivity contribution in [2.45, 2.75) is 34.3 Å². The van der Waals surface area contributed by atoms with Gasteiger partial charge in [0, 0.05) is 4.70 Å². The fourth-order valence-electron chi connectivity index (χ4n) is 2.97. The number of thiophene rings is 1. The number of ether oxygens (including phenoxy) is 2. The Hall–Kier alpha value is -2.26. The number of rotatable bonds is 6. The first kappa shape index (κ1) is 17.6. The van der Waals surface area contributed by atoms with E-state index < -0.39 is 0 Å². The van der Waals surface area contributed by atoms with Crippen LogP contribution in [0.1, 0.15) is 34.1 Å². The zero-order valence-electron chi connectivity index (χ0n) is 15.3. The molecule has 2 nitrogen and oxygen atoms in total. The van der Waals surface area contributed by atoms with Gasteiger partial charge < -0.3 is 9.47 Å². The van der Waals surface area contributed by atoms with Crippen molar-refractivity contribution in [1.29, 1.82) is 0 Å². The highest BCUT2D eigenvalue weighted by Gasteiger charge is 2.13. The molecule has 3 heteroatoms. The number of hydrogen-bond acceptors (Lipinski definition) is 3. The predicted molar refractivity (Wildman–Crippen MR) is 107 cm³/mol. The van der Waals surface area contributed by atoms with Gasteiger partial charge in [-0.05, 0) is 68.0 Å². The van der Waals surface area contributed by atoms with Crippen molar-refractivity contribution < 1.29 is 9.47 Å². The summed E-state index contributed by atoms with van der Waals surface area (Å²) in [6.45, 7) is 13.6. The van der Waals surface area contributed by atoms with Crippen LogP contribution in [-0.2, 0) is 11.3 Å². The van der Waals surface area contributed by atoms with Crippen LogP contribution in [0, 0.1) is 20.8 Å². The molecule has 0 bridgehead atoms. The van der Waals surface area contributed by atoms with Crippen LogP contribution >= 0.6 is 11.3 Å². The summed E-state index contributed by atoms with van der Waals surface area (Å²) >= 11 is 1.71. The standard InChI is InChI=1S/C22H24O2S/c1-6-23-17(5)22-16(4)20-10-9-19(12-21(20)25-22)24-13-18-8-7-14(2)11-15(18)3/h7-12H,5-6,13H2,1-4H3. The van der Waals surface area contributed by atoms with Gasteiger partial charge in [0.2, 0.25) is 0 Å². The molecule has 0 atom stereocenters. The molecule has 0 spiro atoms. The van der Waals surface area contributed by atoms with Crippen LogP contribution in [0.4, 0.5) is 0 Å². The summed E-state index contributed by atoms with van der Waals surface area (Å²) in [6.07, 6.45) is 0. The van der Waals surface area contributed by atoms with E-state index >= 15 is 0 Å². The highest BCUT2D eigenvalue weighted by Crippen LogP contribution is 2.37. The Kier molecular flexibility index (Phi) is 5.14. The van der Waals surface area contributed by atoms with E-state index in [1.807, 2.05) is 13.0 Å². The summed E-state index contributed by atoms with van der Waals surface area (Å²) < 4.78 is 12.8. The molecule has 25 heavy (non-hydrogen) atoms. The summed E-state index contributed by atoms with van der Waals surface area (Å²) in [5, 5.41) is 1.24. The third-order valence-corrected chi connectivity index (χ3v) is 5.67. The molecule has 1 heterocycles. The second kappa shape index (κ2) is 7.32. The molecule has 2 aromatic carbocycles. The fraction of sp³-hybridized carbons (Fsp3) is 0.273. The van der Waals surface area contributed by atoms with Gasteiger partial charge in [0.1, 0.15) is 18.1 Å². The van der Waals surface area contributed by atoms with E-state index in [0.29, 0.717) is 13.2 Å². The summed E-state index contributed by atoms with van der Waals surface area (Å²) in [5.74, 6) is 1.64. The molecule has 0 N–H and O–H groups in total. The molecule has 3 aromatic rings. The van der Waals surface area contributed by atoms with Crippen LogP contribution < -0.4 is 4.74 Å². The summed E-state index contributed by atoms with van der Waals surface area (Å²) in [5.41, 5.74) is 4.99. The molecule has 0 amide bonds. The van der Waals surface area contributed by atoms with E-state index in [0.717, 1.165) is 16.4 Å². The Morgan fingerprint density at radius 3 is 2.60 bits per heavy atom. The largest absolute Gasteiger partial charge is 0.493 e. The van der Waals surface area contributed by atoms with Gasteiger partial charge >= 0.3 is 0 Å². The molecule has 3 rings (SSSR count). The fourth-order valence-corrected chi connectivity index (χ4v) is 4.13. The lowest BCUT2D eigenvalue weighted by Crippen LogP contribution is -1.98. The van der Waals surface area contributed by atoms with Gasteiger partial charge in [-0.3, -0.25) is 0 Å². The molecule has 0 unspecified atom stereocenters. The van der Waals surface area contributed by atoms with Gasteiger partial charge in [0.25, 0.3) is 0 Å². The van der Waals surface area contributed by atoms with E-state index in [9.17, 15) is 0 Å². The molecule has 0 aliphatic rings. The molecular formula is C22H24O2S. The van der Waals surface area contributed by atoms with Crippen molar-refractivity contribution in [3.8, 4) is 5.75 Å². The van der Waals surface area contributed by atoms with Crippen LogP contribution in [0.15, 0.2) is 43.0 Å². The van der Waals surface area contributed by atoms with Crippen molar-refractivity contribution in [3.63, 3.8) is 0 Å². The van der Waals surface area contributed by atoms with Crippen LogP contribution in [0.5, 0.6) is 5.75 Å². The van der Waals surface area contributed by atoms with Crippen LogP contribution in [0.25, 0.3) is 15.8 Å². The van der Waals surface area contributed by atoms with Gasteiger partial charge in [-0.25, -0.2) is 0 Å². The van der Waals surface area contributed by atoms with Crippen LogP contribution in [0.2, 0.25) is 0 Å². The Bertz CT molecular complexity index is 921.